The summed E-state index contributed by atoms with van der Waals surface area (Å²) in [5, 5.41) is 11.5. The van der Waals surface area contributed by atoms with E-state index in [-0.39, 0.29) is 11.5 Å². The highest BCUT2D eigenvalue weighted by Crippen LogP contribution is 2.12. The quantitative estimate of drug-likeness (QED) is 0.832. The van der Waals surface area contributed by atoms with Crippen molar-refractivity contribution in [3.05, 3.63) is 48.0 Å². The van der Waals surface area contributed by atoms with E-state index in [4.69, 9.17) is 5.26 Å². The lowest BCUT2D eigenvalue weighted by Crippen LogP contribution is -1.97. The Morgan fingerprint density at radius 1 is 1.19 bits per heavy atom. The maximum atomic E-state index is 12.6. The van der Waals surface area contributed by atoms with Crippen LogP contribution in [0.15, 0.2) is 36.5 Å². The van der Waals surface area contributed by atoms with E-state index in [1.807, 2.05) is 6.07 Å². The largest absolute Gasteiger partial charge is 0.324 e. The van der Waals surface area contributed by atoms with Gasteiger partial charge in [-0.25, -0.2) is 14.4 Å². The summed E-state index contributed by atoms with van der Waals surface area (Å²) in [5.74, 6) is 0.00269. The van der Waals surface area contributed by atoms with E-state index in [0.717, 1.165) is 0 Å². The molecular weight excluding hydrogens is 207 g/mol. The van der Waals surface area contributed by atoms with Crippen LogP contribution in [0.1, 0.15) is 5.69 Å². The average Bonchev–Trinajstić information content (AvgIpc) is 2.32. The van der Waals surface area contributed by atoms with E-state index in [2.05, 4.69) is 15.3 Å². The Kier molecular flexibility index (Phi) is 2.74. The molecule has 0 unspecified atom stereocenters. The van der Waals surface area contributed by atoms with Crippen molar-refractivity contribution in [1.82, 2.24) is 9.97 Å². The lowest BCUT2D eigenvalue weighted by atomic mass is 10.3. The van der Waals surface area contributed by atoms with Gasteiger partial charge in [-0.3, -0.25) is 0 Å². The molecule has 0 fully saturated rings. The molecule has 1 N–H and O–H groups in total. The number of rotatable bonds is 2. The van der Waals surface area contributed by atoms with Gasteiger partial charge in [0, 0.05) is 11.9 Å². The van der Waals surface area contributed by atoms with Gasteiger partial charge in [-0.1, -0.05) is 0 Å². The minimum Gasteiger partial charge on any atom is -0.324 e. The van der Waals surface area contributed by atoms with E-state index in [1.165, 1.54) is 24.4 Å². The van der Waals surface area contributed by atoms with Gasteiger partial charge in [-0.15, -0.1) is 0 Å². The van der Waals surface area contributed by atoms with Crippen molar-refractivity contribution in [3.8, 4) is 6.07 Å². The van der Waals surface area contributed by atoms with Crippen molar-refractivity contribution in [2.45, 2.75) is 0 Å². The van der Waals surface area contributed by atoms with Crippen LogP contribution in [0, 0.1) is 17.1 Å². The third-order valence-corrected chi connectivity index (χ3v) is 1.87. The van der Waals surface area contributed by atoms with Gasteiger partial charge in [0.25, 0.3) is 0 Å². The molecule has 1 aromatic carbocycles. The van der Waals surface area contributed by atoms with Gasteiger partial charge >= 0.3 is 0 Å². The summed E-state index contributed by atoms with van der Waals surface area (Å²) in [6.07, 6.45) is 1.48. The summed E-state index contributed by atoms with van der Waals surface area (Å²) in [4.78, 5) is 7.87. The first kappa shape index (κ1) is 10.1. The second-order valence-corrected chi connectivity index (χ2v) is 3.01. The lowest BCUT2D eigenvalue weighted by molar-refractivity contribution is 0.628. The second kappa shape index (κ2) is 4.36. The summed E-state index contributed by atoms with van der Waals surface area (Å²) < 4.78 is 12.6. The average molecular weight is 214 g/mol. The molecule has 0 radical (unpaired) electrons. The van der Waals surface area contributed by atoms with Crippen LogP contribution in [0.5, 0.6) is 0 Å². The van der Waals surface area contributed by atoms with Gasteiger partial charge in [0.1, 0.15) is 17.6 Å². The Morgan fingerprint density at radius 3 is 2.62 bits per heavy atom. The molecule has 5 heteroatoms. The predicted molar refractivity (Wildman–Crippen MR) is 56.4 cm³/mol. The van der Waals surface area contributed by atoms with Gasteiger partial charge in [-0.2, -0.15) is 5.26 Å². The fraction of sp³-hybridized carbons (Fsp3) is 0. The van der Waals surface area contributed by atoms with Crippen molar-refractivity contribution in [3.63, 3.8) is 0 Å². The van der Waals surface area contributed by atoms with Gasteiger partial charge in [0.15, 0.2) is 0 Å². The zero-order valence-corrected chi connectivity index (χ0v) is 8.18. The highest BCUT2D eigenvalue weighted by molar-refractivity contribution is 5.53. The number of hydrogen-bond acceptors (Lipinski definition) is 4. The highest BCUT2D eigenvalue weighted by atomic mass is 19.1. The van der Waals surface area contributed by atoms with Crippen LogP contribution in [0.2, 0.25) is 0 Å². The molecule has 2 rings (SSSR count). The summed E-state index contributed by atoms with van der Waals surface area (Å²) in [5.41, 5.74) is 0.941. The zero-order chi connectivity index (χ0) is 11.4. The van der Waals surface area contributed by atoms with E-state index in [9.17, 15) is 4.39 Å². The lowest BCUT2D eigenvalue weighted by Gasteiger charge is -2.03. The molecule has 2 aromatic rings. The Bertz CT molecular complexity index is 530. The van der Waals surface area contributed by atoms with Crippen LogP contribution in [0.3, 0.4) is 0 Å². The summed E-state index contributed by atoms with van der Waals surface area (Å²) in [6.45, 7) is 0. The van der Waals surface area contributed by atoms with E-state index in [0.29, 0.717) is 11.6 Å². The molecule has 0 spiro atoms. The second-order valence-electron chi connectivity index (χ2n) is 3.01. The van der Waals surface area contributed by atoms with Crippen LogP contribution in [0.4, 0.5) is 16.0 Å². The van der Waals surface area contributed by atoms with Gasteiger partial charge < -0.3 is 5.32 Å². The van der Waals surface area contributed by atoms with Crippen molar-refractivity contribution in [2.24, 2.45) is 0 Å². The molecule has 0 saturated carbocycles. The number of nitrogens with zero attached hydrogens (tertiary/aromatic N) is 3. The molecule has 1 aromatic heterocycles. The monoisotopic (exact) mass is 214 g/mol. The van der Waals surface area contributed by atoms with Crippen LogP contribution >= 0.6 is 0 Å². The normalized spacial score (nSPS) is 9.50. The van der Waals surface area contributed by atoms with Crippen LogP contribution in [0.25, 0.3) is 0 Å². The van der Waals surface area contributed by atoms with Crippen molar-refractivity contribution in [1.29, 1.82) is 5.26 Å². The molecule has 16 heavy (non-hydrogen) atoms. The number of aromatic nitrogens is 2. The van der Waals surface area contributed by atoms with Gasteiger partial charge in [0.2, 0.25) is 5.95 Å². The number of benzene rings is 1. The Balaban J connectivity index is 2.21. The molecule has 0 aliphatic rings. The number of hydrogen-bond donors (Lipinski definition) is 1. The predicted octanol–water partition coefficient (Wildman–Crippen LogP) is 2.23. The minimum absolute atomic E-state index is 0.277. The fourth-order valence-electron chi connectivity index (χ4n) is 1.14. The van der Waals surface area contributed by atoms with Crippen molar-refractivity contribution < 1.29 is 4.39 Å². The molecule has 0 bridgehead atoms. The molecule has 0 atom stereocenters. The first-order valence-electron chi connectivity index (χ1n) is 4.53. The smallest absolute Gasteiger partial charge is 0.228 e. The van der Waals surface area contributed by atoms with Crippen LogP contribution in [-0.4, -0.2) is 9.97 Å². The molecule has 0 aliphatic carbocycles. The molecule has 4 nitrogen and oxygen atoms in total. The first-order chi connectivity index (χ1) is 7.78. The topological polar surface area (TPSA) is 61.6 Å². The zero-order valence-electron chi connectivity index (χ0n) is 8.18. The van der Waals surface area contributed by atoms with Crippen LogP contribution < -0.4 is 5.32 Å². The van der Waals surface area contributed by atoms with Crippen LogP contribution in [-0.2, 0) is 0 Å². The minimum atomic E-state index is -0.308. The molecule has 0 saturated heterocycles. The number of nitriles is 1. The standard InChI is InChI=1S/C11H7FN4/c12-8-1-3-9(4-2-8)15-11-14-6-5-10(7-13)16-11/h1-6H,(H,14,15,16). The molecule has 78 valence electrons. The Hall–Kier alpha value is -2.48. The van der Waals surface area contributed by atoms with E-state index >= 15 is 0 Å². The third kappa shape index (κ3) is 2.30. The van der Waals surface area contributed by atoms with Crippen molar-refractivity contribution >= 4 is 11.6 Å². The summed E-state index contributed by atoms with van der Waals surface area (Å²) >= 11 is 0. The Labute approximate surface area is 91.4 Å². The van der Waals surface area contributed by atoms with E-state index < -0.39 is 0 Å². The highest BCUT2D eigenvalue weighted by Gasteiger charge is 1.99. The molecule has 0 aliphatic heterocycles. The summed E-state index contributed by atoms with van der Waals surface area (Å²) in [6, 6.07) is 9.21. The van der Waals surface area contributed by atoms with Crippen molar-refractivity contribution in [2.75, 3.05) is 5.32 Å². The number of anilines is 2. The number of halogens is 1. The third-order valence-electron chi connectivity index (χ3n) is 1.87. The summed E-state index contributed by atoms with van der Waals surface area (Å²) in [7, 11) is 0. The number of nitrogens with one attached hydrogen (secondary N) is 1. The van der Waals surface area contributed by atoms with Gasteiger partial charge in [-0.05, 0) is 30.3 Å². The molecule has 1 heterocycles. The fourth-order valence-corrected chi connectivity index (χ4v) is 1.14. The Morgan fingerprint density at radius 2 is 1.94 bits per heavy atom. The molecular formula is C11H7FN4. The maximum absolute atomic E-state index is 12.6. The maximum Gasteiger partial charge on any atom is 0.228 e. The molecule has 0 amide bonds. The SMILES string of the molecule is N#Cc1ccnc(Nc2ccc(F)cc2)n1. The van der Waals surface area contributed by atoms with E-state index in [1.54, 1.807) is 12.1 Å². The van der Waals surface area contributed by atoms with Gasteiger partial charge in [0.05, 0.1) is 0 Å². The first-order valence-corrected chi connectivity index (χ1v) is 4.53.